The van der Waals surface area contributed by atoms with E-state index in [0.717, 1.165) is 37.7 Å². The highest BCUT2D eigenvalue weighted by atomic mass is 16.6. The van der Waals surface area contributed by atoms with Crippen LogP contribution < -0.4 is 5.32 Å². The Morgan fingerprint density at radius 3 is 2.08 bits per heavy atom. The first kappa shape index (κ1) is 33.6. The predicted molar refractivity (Wildman–Crippen MR) is 156 cm³/mol. The van der Waals surface area contributed by atoms with Crippen LogP contribution in [0.2, 0.25) is 0 Å². The van der Waals surface area contributed by atoms with E-state index in [9.17, 15) is 25.1 Å². The van der Waals surface area contributed by atoms with E-state index in [1.54, 1.807) is 6.07 Å². The largest absolute Gasteiger partial charge is 0.394 e. The van der Waals surface area contributed by atoms with E-state index in [1.807, 2.05) is 0 Å². The maximum atomic E-state index is 12.4. The number of hydrogen-bond acceptors (Lipinski definition) is 8. The van der Waals surface area contributed by atoms with Crippen molar-refractivity contribution in [3.05, 3.63) is 27.8 Å². The molecule has 0 saturated heterocycles. The van der Waals surface area contributed by atoms with Gasteiger partial charge in [0.05, 0.1) is 23.7 Å². The van der Waals surface area contributed by atoms with Crippen molar-refractivity contribution in [2.24, 2.45) is 0 Å². The highest BCUT2D eigenvalue weighted by Gasteiger charge is 2.21. The van der Waals surface area contributed by atoms with Gasteiger partial charge >= 0.3 is 5.69 Å². The molecular formula is C30H50N4O6. The van der Waals surface area contributed by atoms with Crippen LogP contribution >= 0.6 is 0 Å². The number of aryl methyl sites for hydroxylation is 1. The Hall–Kier alpha value is -2.59. The van der Waals surface area contributed by atoms with Crippen molar-refractivity contribution in [3.63, 3.8) is 0 Å². The van der Waals surface area contributed by atoms with Crippen LogP contribution in [-0.4, -0.2) is 50.1 Å². The Bertz CT molecular complexity index is 982. The molecule has 1 heterocycles. The number of nitro groups is 1. The highest BCUT2D eigenvalue weighted by Crippen LogP contribution is 2.26. The molecule has 0 spiro atoms. The fourth-order valence-electron chi connectivity index (χ4n) is 5.15. The standard InChI is InChI=1S/C30H50N4O6/c1-2-3-4-5-6-7-8-9-10-11-12-13-16-19-27(36)25(23-35)31-28(37)20-17-14-15-18-24-21-22-26(34(38)39)30-29(24)32-40-33-30/h21-22,25,27,35-36H,2-20,23H2,1H3,(H,31,37)/t25-,27+/m0/s1. The van der Waals surface area contributed by atoms with Crippen LogP contribution in [0, 0.1) is 10.1 Å². The lowest BCUT2D eigenvalue weighted by atomic mass is 10.0. The number of nitrogens with zero attached hydrogens (tertiary/aromatic N) is 3. The molecule has 2 aromatic rings. The van der Waals surface area contributed by atoms with Crippen molar-refractivity contribution >= 4 is 22.6 Å². The van der Waals surface area contributed by atoms with Crippen molar-refractivity contribution in [1.29, 1.82) is 0 Å². The van der Waals surface area contributed by atoms with Gasteiger partial charge in [-0.05, 0) is 47.6 Å². The van der Waals surface area contributed by atoms with Crippen LogP contribution in [0.25, 0.3) is 11.0 Å². The number of amides is 1. The van der Waals surface area contributed by atoms with Gasteiger partial charge in [-0.15, -0.1) is 0 Å². The summed E-state index contributed by atoms with van der Waals surface area (Å²) >= 11 is 0. The van der Waals surface area contributed by atoms with Gasteiger partial charge in [-0.1, -0.05) is 96.8 Å². The normalized spacial score (nSPS) is 13.0. The number of aromatic nitrogens is 2. The summed E-state index contributed by atoms with van der Waals surface area (Å²) in [5, 5.41) is 41.5. The number of aliphatic hydroxyl groups excluding tert-OH is 2. The molecular weight excluding hydrogens is 512 g/mol. The van der Waals surface area contributed by atoms with Gasteiger partial charge < -0.3 is 15.5 Å². The molecule has 0 aliphatic heterocycles. The molecule has 0 fully saturated rings. The molecule has 1 aromatic heterocycles. The number of rotatable bonds is 24. The number of nitrogens with one attached hydrogen (secondary N) is 1. The number of carbonyl (C=O) groups is 1. The van der Waals surface area contributed by atoms with Gasteiger partial charge in [0.15, 0.2) is 0 Å². The summed E-state index contributed by atoms with van der Waals surface area (Å²) in [6.45, 7) is 1.97. The molecule has 40 heavy (non-hydrogen) atoms. The number of non-ortho nitro benzene ring substituents is 1. The number of benzene rings is 1. The third-order valence-electron chi connectivity index (χ3n) is 7.64. The number of hydrogen-bond donors (Lipinski definition) is 3. The Morgan fingerprint density at radius 1 is 0.900 bits per heavy atom. The molecule has 2 rings (SSSR count). The minimum Gasteiger partial charge on any atom is -0.394 e. The average Bonchev–Trinajstić information content (AvgIpc) is 3.44. The molecule has 0 unspecified atom stereocenters. The van der Waals surface area contributed by atoms with Crippen molar-refractivity contribution in [2.75, 3.05) is 6.61 Å². The maximum absolute atomic E-state index is 12.4. The van der Waals surface area contributed by atoms with Crippen LogP contribution in [0.1, 0.15) is 128 Å². The maximum Gasteiger partial charge on any atom is 0.300 e. The summed E-state index contributed by atoms with van der Waals surface area (Å²) < 4.78 is 4.69. The molecule has 1 amide bonds. The lowest BCUT2D eigenvalue weighted by Gasteiger charge is -2.22. The fraction of sp³-hybridized carbons (Fsp3) is 0.767. The Balaban J connectivity index is 1.51. The van der Waals surface area contributed by atoms with Crippen molar-refractivity contribution in [3.8, 4) is 0 Å². The van der Waals surface area contributed by atoms with Gasteiger partial charge in [0, 0.05) is 12.5 Å². The molecule has 0 aliphatic carbocycles. The molecule has 0 saturated carbocycles. The summed E-state index contributed by atoms with van der Waals surface area (Å²) in [7, 11) is 0. The third-order valence-corrected chi connectivity index (χ3v) is 7.64. The minimum absolute atomic E-state index is 0.133. The number of unbranched alkanes of at least 4 members (excludes halogenated alkanes) is 14. The molecule has 10 heteroatoms. The van der Waals surface area contributed by atoms with Gasteiger partial charge in [-0.25, -0.2) is 4.63 Å². The zero-order chi connectivity index (χ0) is 29.0. The van der Waals surface area contributed by atoms with Crippen LogP contribution in [0.15, 0.2) is 16.8 Å². The Morgan fingerprint density at radius 2 is 1.48 bits per heavy atom. The zero-order valence-corrected chi connectivity index (χ0v) is 24.3. The molecule has 3 N–H and O–H groups in total. The van der Waals surface area contributed by atoms with Crippen molar-refractivity contribution in [2.45, 2.75) is 141 Å². The number of carbonyl (C=O) groups excluding carboxylic acids is 1. The van der Waals surface area contributed by atoms with E-state index in [1.165, 1.54) is 70.3 Å². The van der Waals surface area contributed by atoms with E-state index in [2.05, 4.69) is 22.6 Å². The molecule has 0 aliphatic rings. The quantitative estimate of drug-likeness (QED) is 0.0739. The highest BCUT2D eigenvalue weighted by molar-refractivity contribution is 5.85. The van der Waals surface area contributed by atoms with Crippen LogP contribution in [0.5, 0.6) is 0 Å². The topological polar surface area (TPSA) is 152 Å². The summed E-state index contributed by atoms with van der Waals surface area (Å²) in [5.41, 5.74) is 1.24. The SMILES string of the molecule is CCCCCCCCCCCCCCC[C@@H](O)[C@H](CO)NC(=O)CCCCCc1ccc([N+](=O)[O-])c2nonc12. The van der Waals surface area contributed by atoms with E-state index in [-0.39, 0.29) is 23.7 Å². The van der Waals surface area contributed by atoms with Crippen molar-refractivity contribution < 1.29 is 24.6 Å². The monoisotopic (exact) mass is 562 g/mol. The second-order valence-electron chi connectivity index (χ2n) is 11.0. The van der Waals surface area contributed by atoms with Gasteiger partial charge in [0.25, 0.3) is 0 Å². The first-order valence-corrected chi connectivity index (χ1v) is 15.4. The molecule has 10 nitrogen and oxygen atoms in total. The van der Waals surface area contributed by atoms with E-state index >= 15 is 0 Å². The van der Waals surface area contributed by atoms with Gasteiger partial charge in [-0.2, -0.15) is 0 Å². The average molecular weight is 563 g/mol. The second kappa shape index (κ2) is 20.3. The number of fused-ring (bicyclic) bond motifs is 1. The van der Waals surface area contributed by atoms with E-state index in [4.69, 9.17) is 4.63 Å². The zero-order valence-electron chi connectivity index (χ0n) is 24.3. The first-order valence-electron chi connectivity index (χ1n) is 15.4. The summed E-state index contributed by atoms with van der Waals surface area (Å²) in [4.78, 5) is 23.0. The van der Waals surface area contributed by atoms with Crippen LogP contribution in [-0.2, 0) is 11.2 Å². The Labute approximate surface area is 238 Å². The van der Waals surface area contributed by atoms with Gasteiger partial charge in [-0.3, -0.25) is 14.9 Å². The van der Waals surface area contributed by atoms with Gasteiger partial charge in [0.2, 0.25) is 11.4 Å². The molecule has 2 atom stereocenters. The summed E-state index contributed by atoms with van der Waals surface area (Å²) in [5.74, 6) is -0.179. The fourth-order valence-corrected chi connectivity index (χ4v) is 5.15. The number of aliphatic hydroxyl groups is 2. The van der Waals surface area contributed by atoms with E-state index < -0.39 is 17.1 Å². The minimum atomic E-state index is -0.748. The summed E-state index contributed by atoms with van der Waals surface area (Å²) in [6.07, 6.45) is 19.4. The molecule has 0 bridgehead atoms. The smallest absolute Gasteiger partial charge is 0.300 e. The van der Waals surface area contributed by atoms with Crippen LogP contribution in [0.4, 0.5) is 5.69 Å². The van der Waals surface area contributed by atoms with Crippen molar-refractivity contribution in [1.82, 2.24) is 15.6 Å². The number of nitro benzene ring substituents is 1. The first-order chi connectivity index (χ1) is 19.5. The van der Waals surface area contributed by atoms with Gasteiger partial charge in [0.1, 0.15) is 5.52 Å². The Kier molecular flexibility index (Phi) is 17.1. The molecule has 1 aromatic carbocycles. The lowest BCUT2D eigenvalue weighted by molar-refractivity contribution is -0.383. The summed E-state index contributed by atoms with van der Waals surface area (Å²) in [6, 6.07) is 2.44. The van der Waals surface area contributed by atoms with Crippen LogP contribution in [0.3, 0.4) is 0 Å². The lowest BCUT2D eigenvalue weighted by Crippen LogP contribution is -2.45. The predicted octanol–water partition coefficient (Wildman–Crippen LogP) is 6.55. The molecule has 0 radical (unpaired) electrons. The third kappa shape index (κ3) is 12.7. The molecule has 226 valence electrons. The second-order valence-corrected chi connectivity index (χ2v) is 11.0. The van der Waals surface area contributed by atoms with E-state index in [0.29, 0.717) is 31.2 Å².